The fourth-order valence-electron chi connectivity index (χ4n) is 1.04. The van der Waals surface area contributed by atoms with Gasteiger partial charge in [0.25, 0.3) is 0 Å². The van der Waals surface area contributed by atoms with Crippen LogP contribution < -0.4 is 0 Å². The molecule has 1 unspecified atom stereocenters. The molecule has 0 aromatic carbocycles. The first kappa shape index (κ1) is 16.1. The third-order valence-corrected chi connectivity index (χ3v) is 2.17. The van der Waals surface area contributed by atoms with E-state index in [9.17, 15) is 4.57 Å². The van der Waals surface area contributed by atoms with Crippen molar-refractivity contribution in [3.8, 4) is 0 Å². The van der Waals surface area contributed by atoms with Crippen LogP contribution in [0.3, 0.4) is 0 Å². The van der Waals surface area contributed by atoms with E-state index in [1.165, 1.54) is 25.7 Å². The second-order valence-corrected chi connectivity index (χ2v) is 3.70. The Morgan fingerprint density at radius 2 is 1.69 bits per heavy atom. The van der Waals surface area contributed by atoms with Gasteiger partial charge in [-0.15, -0.1) is 0 Å². The van der Waals surface area contributed by atoms with Gasteiger partial charge < -0.3 is 9.42 Å². The van der Waals surface area contributed by atoms with Crippen LogP contribution in [0.2, 0.25) is 0 Å². The topological polar surface area (TPSA) is 46.5 Å². The van der Waals surface area contributed by atoms with Gasteiger partial charge in [0, 0.05) is 17.4 Å². The molecule has 0 spiro atoms. The molecule has 1 N–H and O–H groups in total. The van der Waals surface area contributed by atoms with Crippen molar-refractivity contribution in [1.82, 2.24) is 0 Å². The minimum Gasteiger partial charge on any atom is -0.326 e. The molecule has 0 bridgehead atoms. The van der Waals surface area contributed by atoms with Crippen LogP contribution in [0.1, 0.15) is 45.4 Å². The van der Waals surface area contributed by atoms with Crippen LogP contribution in [0.25, 0.3) is 0 Å². The van der Waals surface area contributed by atoms with Crippen LogP contribution in [-0.2, 0) is 26.4 Å². The maximum absolute atomic E-state index is 10.1. The van der Waals surface area contributed by atoms with Gasteiger partial charge in [0.1, 0.15) is 0 Å². The minimum atomic E-state index is -2.68. The zero-order valence-electron chi connectivity index (χ0n) is 8.12. The van der Waals surface area contributed by atoms with E-state index in [0.29, 0.717) is 6.61 Å². The number of hydrogen-bond donors (Lipinski definition) is 1. The Labute approximate surface area is 92.0 Å². The molecule has 0 aliphatic carbocycles. The summed E-state index contributed by atoms with van der Waals surface area (Å²) in [4.78, 5) is 8.32. The van der Waals surface area contributed by atoms with Crippen LogP contribution in [-0.4, -0.2) is 11.5 Å². The zero-order chi connectivity index (χ0) is 9.23. The summed E-state index contributed by atoms with van der Waals surface area (Å²) >= 11 is 0. The summed E-state index contributed by atoms with van der Waals surface area (Å²) in [5.74, 6) is 0. The SMILES string of the molecule is CCCCCCCCO[PH](=O)O.[Cr]. The van der Waals surface area contributed by atoms with Crippen molar-refractivity contribution in [2.45, 2.75) is 45.4 Å². The average Bonchev–Trinajstić information content (AvgIpc) is 2.02. The minimum absolute atomic E-state index is 0. The maximum Gasteiger partial charge on any atom is 0.316 e. The van der Waals surface area contributed by atoms with E-state index in [0.717, 1.165) is 12.8 Å². The van der Waals surface area contributed by atoms with E-state index in [1.807, 2.05) is 0 Å². The van der Waals surface area contributed by atoms with Gasteiger partial charge in [-0.25, -0.2) is 0 Å². The summed E-state index contributed by atoms with van der Waals surface area (Å²) in [6, 6.07) is 0. The fourth-order valence-corrected chi connectivity index (χ4v) is 1.36. The molecule has 0 fully saturated rings. The number of unbranched alkanes of at least 4 members (excludes halogenated alkanes) is 5. The quantitative estimate of drug-likeness (QED) is 0.529. The van der Waals surface area contributed by atoms with E-state index >= 15 is 0 Å². The molecule has 0 saturated carbocycles. The molecule has 80 valence electrons. The van der Waals surface area contributed by atoms with Crippen LogP contribution in [0.15, 0.2) is 0 Å². The van der Waals surface area contributed by atoms with Crippen LogP contribution in [0.4, 0.5) is 0 Å². The second kappa shape index (κ2) is 12.7. The first-order chi connectivity index (χ1) is 5.77. The molecular weight excluding hydrogens is 227 g/mol. The largest absolute Gasteiger partial charge is 0.326 e. The number of rotatable bonds is 8. The van der Waals surface area contributed by atoms with Crippen LogP contribution >= 0.6 is 8.25 Å². The van der Waals surface area contributed by atoms with Gasteiger partial charge in [0.15, 0.2) is 0 Å². The third kappa shape index (κ3) is 15.4. The van der Waals surface area contributed by atoms with Gasteiger partial charge in [-0.1, -0.05) is 39.0 Å². The molecule has 0 aromatic rings. The van der Waals surface area contributed by atoms with Crippen molar-refractivity contribution < 1.29 is 31.3 Å². The van der Waals surface area contributed by atoms with Gasteiger partial charge in [-0.3, -0.25) is 4.57 Å². The summed E-state index contributed by atoms with van der Waals surface area (Å²) < 4.78 is 14.6. The van der Waals surface area contributed by atoms with Gasteiger partial charge in [0.05, 0.1) is 6.61 Å². The normalized spacial score (nSPS) is 12.2. The second-order valence-electron chi connectivity index (χ2n) is 2.88. The molecule has 0 radical (unpaired) electrons. The Morgan fingerprint density at radius 1 is 1.15 bits per heavy atom. The molecule has 0 heterocycles. The zero-order valence-corrected chi connectivity index (χ0v) is 10.4. The Kier molecular flexibility index (Phi) is 15.7. The van der Waals surface area contributed by atoms with Crippen molar-refractivity contribution in [2.75, 3.05) is 6.61 Å². The van der Waals surface area contributed by atoms with Crippen LogP contribution in [0, 0.1) is 0 Å². The maximum atomic E-state index is 10.1. The third-order valence-electron chi connectivity index (χ3n) is 1.72. The van der Waals surface area contributed by atoms with E-state index in [2.05, 4.69) is 11.4 Å². The standard InChI is InChI=1S/C8H19O3P.Cr/c1-2-3-4-5-6-7-8-11-12(9)10;/h12H,2-8H2,1H3,(H,9,10);. The van der Waals surface area contributed by atoms with Gasteiger partial charge >= 0.3 is 8.25 Å². The molecule has 3 nitrogen and oxygen atoms in total. The number of hydrogen-bond acceptors (Lipinski definition) is 2. The summed E-state index contributed by atoms with van der Waals surface area (Å²) in [5.41, 5.74) is 0. The first-order valence-corrected chi connectivity index (χ1v) is 5.89. The first-order valence-electron chi connectivity index (χ1n) is 4.63. The molecular formula is C8H19CrO3P. The van der Waals surface area contributed by atoms with Gasteiger partial charge in [-0.05, 0) is 6.42 Å². The Hall–Kier alpha value is 0.682. The predicted octanol–water partition coefficient (Wildman–Crippen LogP) is 2.74. The van der Waals surface area contributed by atoms with Crippen LogP contribution in [0.5, 0.6) is 0 Å². The van der Waals surface area contributed by atoms with E-state index in [-0.39, 0.29) is 17.4 Å². The van der Waals surface area contributed by atoms with E-state index in [4.69, 9.17) is 4.89 Å². The van der Waals surface area contributed by atoms with E-state index < -0.39 is 8.25 Å². The summed E-state index contributed by atoms with van der Waals surface area (Å²) in [7, 11) is -2.68. The molecule has 0 amide bonds. The molecule has 1 atom stereocenters. The smallest absolute Gasteiger partial charge is 0.316 e. The molecule has 0 aromatic heterocycles. The molecule has 0 aliphatic heterocycles. The van der Waals surface area contributed by atoms with E-state index in [1.54, 1.807) is 0 Å². The van der Waals surface area contributed by atoms with Crippen molar-refractivity contribution >= 4 is 8.25 Å². The predicted molar refractivity (Wildman–Crippen MR) is 50.5 cm³/mol. The molecule has 0 rings (SSSR count). The summed E-state index contributed by atoms with van der Waals surface area (Å²) in [5, 5.41) is 0. The Morgan fingerprint density at radius 3 is 2.23 bits per heavy atom. The monoisotopic (exact) mass is 246 g/mol. The Balaban J connectivity index is 0. The van der Waals surface area contributed by atoms with Crippen molar-refractivity contribution in [3.05, 3.63) is 0 Å². The van der Waals surface area contributed by atoms with Crippen molar-refractivity contribution in [3.63, 3.8) is 0 Å². The average molecular weight is 246 g/mol. The van der Waals surface area contributed by atoms with Crippen molar-refractivity contribution in [1.29, 1.82) is 0 Å². The summed E-state index contributed by atoms with van der Waals surface area (Å²) in [6.07, 6.45) is 7.03. The molecule has 13 heavy (non-hydrogen) atoms. The molecule has 0 saturated heterocycles. The van der Waals surface area contributed by atoms with Crippen molar-refractivity contribution in [2.24, 2.45) is 0 Å². The fraction of sp³-hybridized carbons (Fsp3) is 1.00. The van der Waals surface area contributed by atoms with Gasteiger partial charge in [0.2, 0.25) is 0 Å². The molecule has 5 heteroatoms. The molecule has 0 aliphatic rings. The summed E-state index contributed by atoms with van der Waals surface area (Å²) in [6.45, 7) is 2.61. The Bertz CT molecular complexity index is 122. The van der Waals surface area contributed by atoms with Gasteiger partial charge in [-0.2, -0.15) is 0 Å².